The van der Waals surface area contributed by atoms with Crippen LogP contribution in [0.4, 0.5) is 13.2 Å². The molecule has 1 aliphatic rings. The van der Waals surface area contributed by atoms with Crippen molar-refractivity contribution in [2.75, 3.05) is 26.3 Å². The number of aromatic nitrogens is 2. The van der Waals surface area contributed by atoms with E-state index in [-0.39, 0.29) is 0 Å². The molecule has 0 saturated carbocycles. The zero-order valence-electron chi connectivity index (χ0n) is 12.6. The lowest BCUT2D eigenvalue weighted by Gasteiger charge is -2.23. The first-order valence-electron chi connectivity index (χ1n) is 7.31. The first-order chi connectivity index (χ1) is 11.5. The van der Waals surface area contributed by atoms with Crippen LogP contribution in [-0.2, 0) is 10.9 Å². The van der Waals surface area contributed by atoms with Gasteiger partial charge >= 0.3 is 6.18 Å². The Balaban J connectivity index is 2.02. The van der Waals surface area contributed by atoms with Crippen molar-refractivity contribution in [1.29, 1.82) is 0 Å². The molecule has 2 heterocycles. The van der Waals surface area contributed by atoms with Crippen LogP contribution in [0.5, 0.6) is 0 Å². The molecule has 0 aliphatic carbocycles. The Bertz CT molecular complexity index is 774. The summed E-state index contributed by atoms with van der Waals surface area (Å²) in [5.74, 6) is 0. The molecule has 9 heteroatoms. The number of nitrogens with one attached hydrogen (secondary N) is 1. The second-order valence-electron chi connectivity index (χ2n) is 5.18. The van der Waals surface area contributed by atoms with Gasteiger partial charge in [-0.15, -0.1) is 0 Å². The van der Waals surface area contributed by atoms with Gasteiger partial charge in [-0.2, -0.15) is 18.3 Å². The minimum absolute atomic E-state index is 0.319. The second-order valence-corrected chi connectivity index (χ2v) is 5.18. The maximum atomic E-state index is 13.2. The number of halogens is 3. The number of nitrogens with zero attached hydrogens (tertiary/aromatic N) is 3. The van der Waals surface area contributed by atoms with Gasteiger partial charge in [0, 0.05) is 0 Å². The Kier molecular flexibility index (Phi) is 4.43. The molecular weight excluding hydrogens is 325 g/mol. The van der Waals surface area contributed by atoms with Crippen molar-refractivity contribution >= 4 is 6.21 Å². The molecule has 0 atom stereocenters. The molecule has 0 spiro atoms. The summed E-state index contributed by atoms with van der Waals surface area (Å²) in [7, 11) is 0. The summed E-state index contributed by atoms with van der Waals surface area (Å²) in [5.41, 5.74) is -2.12. The summed E-state index contributed by atoms with van der Waals surface area (Å²) in [6.45, 7) is 1.83. The fourth-order valence-corrected chi connectivity index (χ4v) is 2.35. The van der Waals surface area contributed by atoms with E-state index in [1.54, 1.807) is 35.3 Å². The zero-order valence-corrected chi connectivity index (χ0v) is 12.6. The van der Waals surface area contributed by atoms with Crippen molar-refractivity contribution in [1.82, 2.24) is 14.8 Å². The highest BCUT2D eigenvalue weighted by atomic mass is 19.4. The molecular formula is C15H15F3N4O2. The maximum Gasteiger partial charge on any atom is 0.433 e. The predicted molar refractivity (Wildman–Crippen MR) is 81.4 cm³/mol. The number of aromatic amines is 1. The topological polar surface area (TPSA) is 62.6 Å². The average Bonchev–Trinajstić information content (AvgIpc) is 2.92. The molecule has 0 radical (unpaired) electrons. The third-order valence-electron chi connectivity index (χ3n) is 3.56. The van der Waals surface area contributed by atoms with E-state index in [4.69, 9.17) is 4.74 Å². The third-order valence-corrected chi connectivity index (χ3v) is 3.56. The van der Waals surface area contributed by atoms with E-state index in [9.17, 15) is 18.0 Å². The minimum atomic E-state index is -4.69. The number of H-pyrrole nitrogens is 1. The van der Waals surface area contributed by atoms with E-state index >= 15 is 0 Å². The number of benzene rings is 1. The van der Waals surface area contributed by atoms with Crippen LogP contribution in [0, 0.1) is 0 Å². The molecule has 0 bridgehead atoms. The summed E-state index contributed by atoms with van der Waals surface area (Å²) in [4.78, 5) is 12.4. The number of hydrazone groups is 1. The highest BCUT2D eigenvalue weighted by Crippen LogP contribution is 2.29. The summed E-state index contributed by atoms with van der Waals surface area (Å²) >= 11 is 0. The molecule has 1 N–H and O–H groups in total. The number of alkyl halides is 3. The van der Waals surface area contributed by atoms with Gasteiger partial charge < -0.3 is 4.74 Å². The van der Waals surface area contributed by atoms with Crippen LogP contribution in [0.2, 0.25) is 0 Å². The average molecular weight is 340 g/mol. The molecule has 1 aromatic heterocycles. The lowest BCUT2D eigenvalue weighted by atomic mass is 10.2. The maximum absolute atomic E-state index is 13.2. The minimum Gasteiger partial charge on any atom is -0.378 e. The Morgan fingerprint density at radius 2 is 1.83 bits per heavy atom. The Morgan fingerprint density at radius 3 is 2.46 bits per heavy atom. The van der Waals surface area contributed by atoms with Crippen molar-refractivity contribution in [3.8, 4) is 5.69 Å². The van der Waals surface area contributed by atoms with Gasteiger partial charge in [0.2, 0.25) is 0 Å². The van der Waals surface area contributed by atoms with Gasteiger partial charge in [0.15, 0.2) is 5.69 Å². The van der Waals surface area contributed by atoms with E-state index in [0.29, 0.717) is 32.0 Å². The molecule has 1 aromatic carbocycles. The number of hydrogen-bond acceptors (Lipinski definition) is 4. The number of para-hydroxylation sites is 1. The fraction of sp³-hybridized carbons (Fsp3) is 0.333. The third kappa shape index (κ3) is 3.35. The van der Waals surface area contributed by atoms with Gasteiger partial charge in [0.25, 0.3) is 5.56 Å². The van der Waals surface area contributed by atoms with E-state index in [1.807, 2.05) is 0 Å². The lowest BCUT2D eigenvalue weighted by Crippen LogP contribution is -2.32. The van der Waals surface area contributed by atoms with Crippen LogP contribution in [0.3, 0.4) is 0 Å². The highest BCUT2D eigenvalue weighted by molar-refractivity contribution is 5.81. The molecule has 1 fully saturated rings. The molecule has 128 valence electrons. The van der Waals surface area contributed by atoms with E-state index in [1.165, 1.54) is 0 Å². The highest BCUT2D eigenvalue weighted by Gasteiger charge is 2.37. The normalized spacial score (nSPS) is 16.0. The van der Waals surface area contributed by atoms with Gasteiger partial charge in [-0.3, -0.25) is 14.9 Å². The van der Waals surface area contributed by atoms with Crippen LogP contribution in [0.15, 0.2) is 40.2 Å². The first-order valence-corrected chi connectivity index (χ1v) is 7.31. The first kappa shape index (κ1) is 16.3. The van der Waals surface area contributed by atoms with Crippen molar-refractivity contribution in [2.45, 2.75) is 6.18 Å². The quantitative estimate of drug-likeness (QED) is 0.868. The van der Waals surface area contributed by atoms with Crippen molar-refractivity contribution in [3.05, 3.63) is 51.9 Å². The fourth-order valence-electron chi connectivity index (χ4n) is 2.35. The number of ether oxygens (including phenoxy) is 1. The SMILES string of the molecule is O=c1c(/C=N/N2CCOCC2)c(C(F)(F)F)[nH]n1-c1ccccc1. The van der Waals surface area contributed by atoms with E-state index < -0.39 is 23.0 Å². The molecule has 24 heavy (non-hydrogen) atoms. The smallest absolute Gasteiger partial charge is 0.378 e. The molecule has 0 unspecified atom stereocenters. The standard InChI is InChI=1S/C15H15F3N4O2/c16-15(17,18)13-12(10-19-21-6-8-24-9-7-21)14(23)22(20-13)11-4-2-1-3-5-11/h1-5,10,20H,6-9H2/b19-10+. The largest absolute Gasteiger partial charge is 0.433 e. The van der Waals surface area contributed by atoms with Gasteiger partial charge in [0.1, 0.15) is 0 Å². The van der Waals surface area contributed by atoms with E-state index in [0.717, 1.165) is 10.9 Å². The zero-order chi connectivity index (χ0) is 17.2. The van der Waals surface area contributed by atoms with Crippen molar-refractivity contribution in [3.63, 3.8) is 0 Å². The lowest BCUT2D eigenvalue weighted by molar-refractivity contribution is -0.141. The van der Waals surface area contributed by atoms with Crippen LogP contribution >= 0.6 is 0 Å². The van der Waals surface area contributed by atoms with Gasteiger partial charge in [-0.25, -0.2) is 4.68 Å². The Labute approximate surface area is 135 Å². The van der Waals surface area contributed by atoms with Crippen LogP contribution in [-0.4, -0.2) is 47.3 Å². The van der Waals surface area contributed by atoms with Gasteiger partial charge in [-0.05, 0) is 12.1 Å². The van der Waals surface area contributed by atoms with Crippen molar-refractivity contribution in [2.24, 2.45) is 5.10 Å². The second kappa shape index (κ2) is 6.52. The number of rotatable bonds is 3. The van der Waals surface area contributed by atoms with E-state index in [2.05, 4.69) is 10.2 Å². The summed E-state index contributed by atoms with van der Waals surface area (Å²) in [5, 5.41) is 7.70. The van der Waals surface area contributed by atoms with Crippen LogP contribution < -0.4 is 5.56 Å². The Morgan fingerprint density at radius 1 is 1.17 bits per heavy atom. The predicted octanol–water partition coefficient (Wildman–Crippen LogP) is 1.85. The molecule has 2 aromatic rings. The molecule has 1 saturated heterocycles. The monoisotopic (exact) mass is 340 g/mol. The number of morpholine rings is 1. The summed E-state index contributed by atoms with van der Waals surface area (Å²) in [6.07, 6.45) is -3.72. The molecule has 6 nitrogen and oxygen atoms in total. The van der Waals surface area contributed by atoms with Crippen molar-refractivity contribution < 1.29 is 17.9 Å². The Hall–Kier alpha value is -2.55. The van der Waals surface area contributed by atoms with Crippen LogP contribution in [0.1, 0.15) is 11.3 Å². The molecule has 3 rings (SSSR count). The van der Waals surface area contributed by atoms with Gasteiger partial charge in [-0.1, -0.05) is 18.2 Å². The molecule has 0 amide bonds. The summed E-state index contributed by atoms with van der Waals surface area (Å²) in [6, 6.07) is 8.07. The van der Waals surface area contributed by atoms with Crippen LogP contribution in [0.25, 0.3) is 5.69 Å². The van der Waals surface area contributed by atoms with Gasteiger partial charge in [0.05, 0.1) is 43.8 Å². The number of hydrogen-bond donors (Lipinski definition) is 1. The summed E-state index contributed by atoms with van der Waals surface area (Å²) < 4.78 is 45.7. The molecule has 1 aliphatic heterocycles.